The van der Waals surface area contributed by atoms with E-state index in [2.05, 4.69) is 23.5 Å². The van der Waals surface area contributed by atoms with E-state index >= 15 is 0 Å². The summed E-state index contributed by atoms with van der Waals surface area (Å²) in [5, 5.41) is 7.76. The minimum absolute atomic E-state index is 0.151. The standard InChI is InChI=1S/C16H23N3O2/c1-12-5-7-20-15(12)10-17-8-13-4-3-6-21-16(13)14-9-18-19(2)11-14/h5,7,9,11,13,16-17H,3-4,6,8,10H2,1-2H3/t13-,16+/m0/s1. The van der Waals surface area contributed by atoms with Crippen molar-refractivity contribution in [3.05, 3.63) is 41.6 Å². The molecule has 0 aliphatic carbocycles. The molecular formula is C16H23N3O2. The Morgan fingerprint density at radius 1 is 1.48 bits per heavy atom. The van der Waals surface area contributed by atoms with Crippen LogP contribution in [0.15, 0.2) is 29.1 Å². The first-order valence-corrected chi connectivity index (χ1v) is 7.58. The minimum atomic E-state index is 0.151. The van der Waals surface area contributed by atoms with Gasteiger partial charge in [0.1, 0.15) is 5.76 Å². The Labute approximate surface area is 125 Å². The lowest BCUT2D eigenvalue weighted by molar-refractivity contribution is -0.0280. The molecule has 3 heterocycles. The van der Waals surface area contributed by atoms with Crippen molar-refractivity contribution in [3.8, 4) is 0 Å². The van der Waals surface area contributed by atoms with Crippen molar-refractivity contribution in [1.82, 2.24) is 15.1 Å². The van der Waals surface area contributed by atoms with Crippen molar-refractivity contribution >= 4 is 0 Å². The third kappa shape index (κ3) is 3.36. The maximum absolute atomic E-state index is 5.98. The van der Waals surface area contributed by atoms with Gasteiger partial charge in [0.15, 0.2) is 0 Å². The number of nitrogens with zero attached hydrogens (tertiary/aromatic N) is 2. The molecule has 5 nitrogen and oxygen atoms in total. The van der Waals surface area contributed by atoms with Gasteiger partial charge in [0, 0.05) is 37.9 Å². The van der Waals surface area contributed by atoms with Crippen LogP contribution >= 0.6 is 0 Å². The zero-order valence-electron chi connectivity index (χ0n) is 12.7. The first-order valence-electron chi connectivity index (χ1n) is 7.58. The van der Waals surface area contributed by atoms with E-state index in [1.54, 1.807) is 6.26 Å². The van der Waals surface area contributed by atoms with E-state index in [1.165, 1.54) is 17.5 Å². The molecule has 114 valence electrons. The van der Waals surface area contributed by atoms with Crippen LogP contribution in [0.2, 0.25) is 0 Å². The van der Waals surface area contributed by atoms with Gasteiger partial charge in [-0.05, 0) is 31.4 Å². The van der Waals surface area contributed by atoms with Crippen molar-refractivity contribution in [2.45, 2.75) is 32.4 Å². The van der Waals surface area contributed by atoms with Crippen molar-refractivity contribution < 1.29 is 9.15 Å². The van der Waals surface area contributed by atoms with Crippen molar-refractivity contribution in [2.75, 3.05) is 13.2 Å². The smallest absolute Gasteiger partial charge is 0.120 e. The van der Waals surface area contributed by atoms with Gasteiger partial charge in [-0.3, -0.25) is 4.68 Å². The monoisotopic (exact) mass is 289 g/mol. The molecule has 0 amide bonds. The highest BCUT2D eigenvalue weighted by Crippen LogP contribution is 2.32. The van der Waals surface area contributed by atoms with Crippen LogP contribution in [0.25, 0.3) is 0 Å². The van der Waals surface area contributed by atoms with Crippen molar-refractivity contribution in [3.63, 3.8) is 0 Å². The molecule has 5 heteroatoms. The molecule has 2 aromatic heterocycles. The van der Waals surface area contributed by atoms with E-state index in [-0.39, 0.29) is 6.10 Å². The van der Waals surface area contributed by atoms with Crippen molar-refractivity contribution in [1.29, 1.82) is 0 Å². The normalized spacial score (nSPS) is 22.6. The predicted octanol–water partition coefficient (Wildman–Crippen LogP) is 2.58. The average molecular weight is 289 g/mol. The fourth-order valence-electron chi connectivity index (χ4n) is 2.96. The van der Waals surface area contributed by atoms with Crippen LogP contribution in [0, 0.1) is 12.8 Å². The molecule has 0 spiro atoms. The number of furan rings is 1. The maximum Gasteiger partial charge on any atom is 0.120 e. The van der Waals surface area contributed by atoms with Crippen LogP contribution in [0.3, 0.4) is 0 Å². The summed E-state index contributed by atoms with van der Waals surface area (Å²) in [5.41, 5.74) is 2.38. The minimum Gasteiger partial charge on any atom is -0.468 e. The van der Waals surface area contributed by atoms with E-state index in [1.807, 2.05) is 24.0 Å². The van der Waals surface area contributed by atoms with Gasteiger partial charge in [-0.2, -0.15) is 5.10 Å². The van der Waals surface area contributed by atoms with Gasteiger partial charge in [0.25, 0.3) is 0 Å². The highest BCUT2D eigenvalue weighted by molar-refractivity contribution is 5.14. The number of ether oxygens (including phenoxy) is 1. The Morgan fingerprint density at radius 2 is 2.38 bits per heavy atom. The number of nitrogens with one attached hydrogen (secondary N) is 1. The fourth-order valence-corrected chi connectivity index (χ4v) is 2.96. The lowest BCUT2D eigenvalue weighted by Gasteiger charge is -2.31. The molecule has 0 saturated carbocycles. The molecule has 21 heavy (non-hydrogen) atoms. The molecule has 1 aliphatic heterocycles. The summed E-state index contributed by atoms with van der Waals surface area (Å²) >= 11 is 0. The van der Waals surface area contributed by atoms with E-state index in [4.69, 9.17) is 9.15 Å². The zero-order valence-corrected chi connectivity index (χ0v) is 12.7. The summed E-state index contributed by atoms with van der Waals surface area (Å²) in [6, 6.07) is 2.00. The van der Waals surface area contributed by atoms with Gasteiger partial charge in [-0.15, -0.1) is 0 Å². The molecule has 2 atom stereocenters. The van der Waals surface area contributed by atoms with Gasteiger partial charge in [-0.1, -0.05) is 0 Å². The molecule has 0 radical (unpaired) electrons. The number of rotatable bonds is 5. The third-order valence-corrected chi connectivity index (χ3v) is 4.16. The van der Waals surface area contributed by atoms with Gasteiger partial charge in [0.2, 0.25) is 0 Å². The molecule has 1 fully saturated rings. The Bertz CT molecular complexity index is 576. The first kappa shape index (κ1) is 14.4. The van der Waals surface area contributed by atoms with Crippen LogP contribution in [0.4, 0.5) is 0 Å². The summed E-state index contributed by atoms with van der Waals surface area (Å²) in [4.78, 5) is 0. The Morgan fingerprint density at radius 3 is 3.10 bits per heavy atom. The molecule has 1 N–H and O–H groups in total. The largest absolute Gasteiger partial charge is 0.468 e. The van der Waals surface area contributed by atoms with Crippen molar-refractivity contribution in [2.24, 2.45) is 13.0 Å². The number of aryl methyl sites for hydroxylation is 2. The summed E-state index contributed by atoms with van der Waals surface area (Å²) in [5.74, 6) is 1.50. The topological polar surface area (TPSA) is 52.2 Å². The van der Waals surface area contributed by atoms with Crippen LogP contribution in [0.5, 0.6) is 0 Å². The summed E-state index contributed by atoms with van der Waals surface area (Å²) in [6.07, 6.45) is 8.18. The van der Waals surface area contributed by atoms with Gasteiger partial charge in [-0.25, -0.2) is 0 Å². The maximum atomic E-state index is 5.98. The summed E-state index contributed by atoms with van der Waals surface area (Å²) in [7, 11) is 1.94. The summed E-state index contributed by atoms with van der Waals surface area (Å²) < 4.78 is 13.3. The molecule has 1 saturated heterocycles. The second kappa shape index (κ2) is 6.45. The SMILES string of the molecule is Cc1ccoc1CNC[C@@H]1CCCO[C@H]1c1cnn(C)c1. The highest BCUT2D eigenvalue weighted by Gasteiger charge is 2.28. The Hall–Kier alpha value is -1.59. The van der Waals surface area contributed by atoms with E-state index in [0.29, 0.717) is 5.92 Å². The second-order valence-corrected chi connectivity index (χ2v) is 5.80. The molecule has 0 aromatic carbocycles. The van der Waals surface area contributed by atoms with Gasteiger partial charge < -0.3 is 14.5 Å². The third-order valence-electron chi connectivity index (χ3n) is 4.16. The Balaban J connectivity index is 1.58. The van der Waals surface area contributed by atoms with E-state index < -0.39 is 0 Å². The second-order valence-electron chi connectivity index (χ2n) is 5.80. The summed E-state index contributed by atoms with van der Waals surface area (Å²) in [6.45, 7) is 4.62. The lowest BCUT2D eigenvalue weighted by atomic mass is 9.91. The molecule has 2 aromatic rings. The number of aromatic nitrogens is 2. The number of hydrogen-bond acceptors (Lipinski definition) is 4. The molecule has 3 rings (SSSR count). The van der Waals surface area contributed by atoms with Gasteiger partial charge >= 0.3 is 0 Å². The van der Waals surface area contributed by atoms with Gasteiger partial charge in [0.05, 0.1) is 25.1 Å². The molecule has 0 unspecified atom stereocenters. The first-order chi connectivity index (χ1) is 10.2. The zero-order chi connectivity index (χ0) is 14.7. The van der Waals surface area contributed by atoms with Crippen LogP contribution in [0.1, 0.15) is 35.8 Å². The molecular weight excluding hydrogens is 266 g/mol. The quantitative estimate of drug-likeness (QED) is 0.919. The van der Waals surface area contributed by atoms with E-state index in [9.17, 15) is 0 Å². The van der Waals surface area contributed by atoms with Crippen LogP contribution in [-0.4, -0.2) is 22.9 Å². The van der Waals surface area contributed by atoms with E-state index in [0.717, 1.165) is 31.9 Å². The highest BCUT2D eigenvalue weighted by atomic mass is 16.5. The fraction of sp³-hybridized carbons (Fsp3) is 0.562. The van der Waals surface area contributed by atoms with Crippen LogP contribution in [-0.2, 0) is 18.3 Å². The average Bonchev–Trinajstić information content (AvgIpc) is 3.09. The molecule has 0 bridgehead atoms. The van der Waals surface area contributed by atoms with Crippen LogP contribution < -0.4 is 5.32 Å². The number of hydrogen-bond donors (Lipinski definition) is 1. The Kier molecular flexibility index (Phi) is 4.41. The predicted molar refractivity (Wildman–Crippen MR) is 79.8 cm³/mol. The molecule has 1 aliphatic rings. The lowest BCUT2D eigenvalue weighted by Crippen LogP contribution is -2.31.